The summed E-state index contributed by atoms with van der Waals surface area (Å²) in [6.45, 7) is 7.76. The molecular formula is C28H35F2N7O3S. The number of anilines is 3. The first-order valence-corrected chi connectivity index (χ1v) is 15.0. The van der Waals surface area contributed by atoms with Gasteiger partial charge in [-0.2, -0.15) is 0 Å². The number of nitrogens with two attached hydrogens (primary N) is 1. The van der Waals surface area contributed by atoms with Crippen LogP contribution in [0.25, 0.3) is 33.7 Å². The molecule has 0 fully saturated rings. The van der Waals surface area contributed by atoms with E-state index in [1.807, 2.05) is 26.0 Å². The molecule has 220 valence electrons. The summed E-state index contributed by atoms with van der Waals surface area (Å²) >= 11 is 0. The Kier molecular flexibility index (Phi) is 11.7. The number of nitrogens with one attached hydrogen (secondary N) is 2. The summed E-state index contributed by atoms with van der Waals surface area (Å²) in [7, 11) is -3.90. The number of halogens is 2. The van der Waals surface area contributed by atoms with Crippen LogP contribution < -0.4 is 15.8 Å². The molecule has 0 radical (unpaired) electrons. The first kappa shape index (κ1) is 31.6. The van der Waals surface area contributed by atoms with Crippen molar-refractivity contribution in [2.75, 3.05) is 48.0 Å². The van der Waals surface area contributed by atoms with Gasteiger partial charge in [0.05, 0.1) is 29.3 Å². The van der Waals surface area contributed by atoms with Crippen LogP contribution in [0.5, 0.6) is 0 Å². The average Bonchev–Trinajstić information content (AvgIpc) is 2.97. The number of ether oxygens (including phenoxy) is 1. The largest absolute Gasteiger partial charge is 0.382 e. The van der Waals surface area contributed by atoms with Crippen LogP contribution in [0.15, 0.2) is 48.7 Å². The Bertz CT molecular complexity index is 1540. The first-order valence-electron chi connectivity index (χ1n) is 13.3. The van der Waals surface area contributed by atoms with E-state index in [4.69, 9.17) is 10.5 Å². The first-order chi connectivity index (χ1) is 19.7. The number of fused-ring (bicyclic) bond motifs is 1. The van der Waals surface area contributed by atoms with Crippen LogP contribution in [0.3, 0.4) is 0 Å². The van der Waals surface area contributed by atoms with E-state index < -0.39 is 28.3 Å². The molecule has 10 nitrogen and oxygen atoms in total. The van der Waals surface area contributed by atoms with Crippen molar-refractivity contribution in [3.8, 4) is 22.6 Å². The third-order valence-corrected chi connectivity index (χ3v) is 7.00. The molecule has 3 heterocycles. The van der Waals surface area contributed by atoms with E-state index in [9.17, 15) is 12.8 Å². The number of nitrogens with zero attached hydrogens (tertiary/aromatic N) is 4. The molecule has 4 N–H and O–H groups in total. The second kappa shape index (κ2) is 15.1. The summed E-state index contributed by atoms with van der Waals surface area (Å²) in [5, 5.41) is 3.20. The third-order valence-electron chi connectivity index (χ3n) is 5.64. The van der Waals surface area contributed by atoms with Gasteiger partial charge in [0.2, 0.25) is 10.0 Å². The van der Waals surface area contributed by atoms with E-state index in [-0.39, 0.29) is 34.7 Å². The highest BCUT2D eigenvalue weighted by atomic mass is 32.2. The van der Waals surface area contributed by atoms with E-state index in [2.05, 4.69) is 36.9 Å². The number of hydrogen-bond acceptors (Lipinski definition) is 9. The molecule has 0 aliphatic rings. The lowest BCUT2D eigenvalue weighted by atomic mass is 10.1. The Morgan fingerprint density at radius 1 is 1.00 bits per heavy atom. The maximum absolute atomic E-state index is 15.2. The fraction of sp³-hybridized carbons (Fsp3) is 0.357. The zero-order valence-corrected chi connectivity index (χ0v) is 24.1. The van der Waals surface area contributed by atoms with Gasteiger partial charge in [0.15, 0.2) is 17.5 Å². The molecule has 4 aromatic rings. The zero-order chi connectivity index (χ0) is 29.8. The second-order valence-electron chi connectivity index (χ2n) is 8.77. The highest BCUT2D eigenvalue weighted by Crippen LogP contribution is 2.30. The maximum atomic E-state index is 15.2. The molecule has 0 bridgehead atoms. The quantitative estimate of drug-likeness (QED) is 0.197. The third kappa shape index (κ3) is 8.76. The van der Waals surface area contributed by atoms with Crippen LogP contribution >= 0.6 is 0 Å². The van der Waals surface area contributed by atoms with Gasteiger partial charge in [-0.15, -0.1) is 0 Å². The Morgan fingerprint density at radius 2 is 1.78 bits per heavy atom. The van der Waals surface area contributed by atoms with Crippen molar-refractivity contribution >= 4 is 38.4 Å². The average molecular weight is 588 g/mol. The normalized spacial score (nSPS) is 11.1. The Hall–Kier alpha value is -3.97. The van der Waals surface area contributed by atoms with Crippen molar-refractivity contribution in [3.63, 3.8) is 0 Å². The number of aromatic nitrogens is 4. The van der Waals surface area contributed by atoms with Gasteiger partial charge in [0, 0.05) is 37.1 Å². The van der Waals surface area contributed by atoms with Crippen LogP contribution in [0.1, 0.15) is 33.6 Å². The SMILES string of the molecule is CCCNc1ccc(-c2nc(N)c3nc(-c4cccc(NS(=O)(=O)CCCF)c4F)ccc3n2)cn1.CCOCC. The molecule has 0 spiro atoms. The Balaban J connectivity index is 0.000000850. The summed E-state index contributed by atoms with van der Waals surface area (Å²) in [6.07, 6.45) is 2.45. The summed E-state index contributed by atoms with van der Waals surface area (Å²) in [5.41, 5.74) is 7.61. The topological polar surface area (TPSA) is 145 Å². The highest BCUT2D eigenvalue weighted by Gasteiger charge is 2.18. The predicted octanol–water partition coefficient (Wildman–Crippen LogP) is 5.44. The van der Waals surface area contributed by atoms with Crippen LogP contribution in [-0.2, 0) is 14.8 Å². The van der Waals surface area contributed by atoms with Crippen LogP contribution in [0, 0.1) is 5.82 Å². The van der Waals surface area contributed by atoms with Gasteiger partial charge in [0.25, 0.3) is 0 Å². The minimum atomic E-state index is -3.90. The van der Waals surface area contributed by atoms with Gasteiger partial charge in [-0.1, -0.05) is 13.0 Å². The number of hydrogen-bond donors (Lipinski definition) is 3. The molecule has 0 atom stereocenters. The van der Waals surface area contributed by atoms with E-state index >= 15 is 4.39 Å². The minimum Gasteiger partial charge on any atom is -0.382 e. The molecule has 13 heteroatoms. The van der Waals surface area contributed by atoms with Crippen molar-refractivity contribution in [1.29, 1.82) is 0 Å². The second-order valence-corrected chi connectivity index (χ2v) is 10.6. The van der Waals surface area contributed by atoms with Gasteiger partial charge in [-0.3, -0.25) is 9.11 Å². The summed E-state index contributed by atoms with van der Waals surface area (Å²) in [6, 6.07) is 11.1. The fourth-order valence-electron chi connectivity index (χ4n) is 3.68. The van der Waals surface area contributed by atoms with Gasteiger partial charge < -0.3 is 15.8 Å². The lowest BCUT2D eigenvalue weighted by Gasteiger charge is -2.12. The summed E-state index contributed by atoms with van der Waals surface area (Å²) in [4.78, 5) is 17.7. The molecule has 41 heavy (non-hydrogen) atoms. The monoisotopic (exact) mass is 587 g/mol. The molecule has 0 saturated carbocycles. The predicted molar refractivity (Wildman–Crippen MR) is 159 cm³/mol. The standard InChI is InChI=1S/C24H25F2N7O2S.C4H10O/c1-2-12-28-20-10-7-15(14-29-20)24-31-19-9-8-17(30-22(19)23(27)32-24)16-5-3-6-18(21(16)26)33-36(34,35)13-4-11-25;1-3-5-4-2/h3,5-10,14,33H,2,4,11-13H2,1H3,(H,28,29)(H2,27,31,32);3-4H2,1-2H3. The molecule has 0 saturated heterocycles. The van der Waals surface area contributed by atoms with E-state index in [1.54, 1.807) is 18.3 Å². The van der Waals surface area contributed by atoms with Crippen LogP contribution in [0.2, 0.25) is 0 Å². The van der Waals surface area contributed by atoms with Crippen molar-refractivity contribution in [2.45, 2.75) is 33.6 Å². The molecule has 4 rings (SSSR count). The molecule has 0 aliphatic heterocycles. The minimum absolute atomic E-state index is 0.0606. The van der Waals surface area contributed by atoms with E-state index in [0.717, 1.165) is 32.0 Å². The maximum Gasteiger partial charge on any atom is 0.232 e. The highest BCUT2D eigenvalue weighted by molar-refractivity contribution is 7.92. The van der Waals surface area contributed by atoms with Crippen molar-refractivity contribution in [1.82, 2.24) is 19.9 Å². The summed E-state index contributed by atoms with van der Waals surface area (Å²) < 4.78 is 58.7. The Morgan fingerprint density at radius 3 is 2.41 bits per heavy atom. The molecule has 0 unspecified atom stereocenters. The lowest BCUT2D eigenvalue weighted by Crippen LogP contribution is -2.18. The number of alkyl halides is 1. The zero-order valence-electron chi connectivity index (χ0n) is 23.3. The number of sulfonamides is 1. The van der Waals surface area contributed by atoms with Gasteiger partial charge >= 0.3 is 0 Å². The number of benzene rings is 1. The van der Waals surface area contributed by atoms with Gasteiger partial charge in [0.1, 0.15) is 11.3 Å². The molecule has 1 aromatic carbocycles. The van der Waals surface area contributed by atoms with Crippen LogP contribution in [0.4, 0.5) is 26.1 Å². The van der Waals surface area contributed by atoms with Gasteiger partial charge in [-0.25, -0.2) is 32.7 Å². The molecular weight excluding hydrogens is 552 g/mol. The summed E-state index contributed by atoms with van der Waals surface area (Å²) in [5.74, 6) is -0.0410. The van der Waals surface area contributed by atoms with Crippen molar-refractivity contribution < 1.29 is 21.9 Å². The molecule has 0 aliphatic carbocycles. The number of pyridine rings is 2. The smallest absolute Gasteiger partial charge is 0.232 e. The molecule has 3 aromatic heterocycles. The molecule has 0 amide bonds. The van der Waals surface area contributed by atoms with E-state index in [1.165, 1.54) is 18.2 Å². The van der Waals surface area contributed by atoms with Crippen molar-refractivity contribution in [2.24, 2.45) is 0 Å². The van der Waals surface area contributed by atoms with Crippen molar-refractivity contribution in [3.05, 3.63) is 54.5 Å². The number of rotatable bonds is 12. The van der Waals surface area contributed by atoms with Crippen LogP contribution in [-0.4, -0.2) is 60.5 Å². The van der Waals surface area contributed by atoms with E-state index in [0.29, 0.717) is 16.9 Å². The van der Waals surface area contributed by atoms with Gasteiger partial charge in [-0.05, 0) is 63.1 Å². The number of nitrogen functional groups attached to an aromatic ring is 1. The lowest BCUT2D eigenvalue weighted by molar-refractivity contribution is 0.162. The Labute approximate surface area is 238 Å². The fourth-order valence-corrected chi connectivity index (χ4v) is 4.76.